The van der Waals surface area contributed by atoms with Crippen molar-refractivity contribution in [3.8, 4) is 11.5 Å². The maximum Gasteiger partial charge on any atom is 0.251 e. The second kappa shape index (κ2) is 10.8. The number of hydrogen-bond donors (Lipinski definition) is 1. The number of morpholine rings is 1. The molecule has 0 radical (unpaired) electrons. The summed E-state index contributed by atoms with van der Waals surface area (Å²) >= 11 is 0. The molecule has 1 aliphatic rings. The molecular formula is C23H30N2O6S. The zero-order valence-electron chi connectivity index (χ0n) is 18.7. The maximum absolute atomic E-state index is 12.8. The zero-order chi connectivity index (χ0) is 23.1. The summed E-state index contributed by atoms with van der Waals surface area (Å²) in [6, 6.07) is 12.4. The van der Waals surface area contributed by atoms with E-state index in [2.05, 4.69) is 10.2 Å². The minimum atomic E-state index is -3.12. The fraction of sp³-hybridized carbons (Fsp3) is 0.435. The lowest BCUT2D eigenvalue weighted by molar-refractivity contribution is 0.0162. The molecule has 1 saturated heterocycles. The van der Waals surface area contributed by atoms with Crippen molar-refractivity contribution in [2.24, 2.45) is 0 Å². The predicted molar refractivity (Wildman–Crippen MR) is 122 cm³/mol. The maximum atomic E-state index is 12.8. The van der Waals surface area contributed by atoms with Crippen molar-refractivity contribution in [2.45, 2.75) is 11.8 Å². The molecule has 0 bridgehead atoms. The lowest BCUT2D eigenvalue weighted by Crippen LogP contribution is -2.43. The molecule has 1 atom stereocenters. The average molecular weight is 463 g/mol. The standard InChI is InChI=1S/C23H30N2O6S/c1-29-21-9-8-19(14-22(21)30-2)20(25-10-12-31-13-11-25)15-24-23(26)18-6-4-17(5-7-18)16-32(3,27)28/h4-9,14,20H,10-13,15-16H2,1-3H3,(H,24,26). The van der Waals surface area contributed by atoms with Crippen LogP contribution in [0.3, 0.4) is 0 Å². The summed E-state index contributed by atoms with van der Waals surface area (Å²) in [5.74, 6) is 1.02. The van der Waals surface area contributed by atoms with Gasteiger partial charge in [-0.25, -0.2) is 8.42 Å². The Hall–Kier alpha value is -2.62. The van der Waals surface area contributed by atoms with E-state index in [1.165, 1.54) is 6.26 Å². The first-order valence-electron chi connectivity index (χ1n) is 10.4. The smallest absolute Gasteiger partial charge is 0.251 e. The van der Waals surface area contributed by atoms with E-state index in [1.807, 2.05) is 18.2 Å². The molecule has 1 heterocycles. The summed E-state index contributed by atoms with van der Waals surface area (Å²) in [4.78, 5) is 15.0. The minimum Gasteiger partial charge on any atom is -0.493 e. The number of amides is 1. The van der Waals surface area contributed by atoms with E-state index >= 15 is 0 Å². The van der Waals surface area contributed by atoms with Crippen LogP contribution >= 0.6 is 0 Å². The second-order valence-corrected chi connectivity index (χ2v) is 9.90. The Morgan fingerprint density at radius 3 is 2.31 bits per heavy atom. The van der Waals surface area contributed by atoms with E-state index in [9.17, 15) is 13.2 Å². The topological polar surface area (TPSA) is 94.2 Å². The SMILES string of the molecule is COc1ccc(C(CNC(=O)c2ccc(CS(C)(=O)=O)cc2)N2CCOCC2)cc1OC. The Balaban J connectivity index is 1.74. The van der Waals surface area contributed by atoms with Crippen LogP contribution in [0.25, 0.3) is 0 Å². The molecule has 3 rings (SSSR count). The Morgan fingerprint density at radius 2 is 1.72 bits per heavy atom. The van der Waals surface area contributed by atoms with Crippen molar-refractivity contribution in [3.63, 3.8) is 0 Å². The van der Waals surface area contributed by atoms with Crippen molar-refractivity contribution in [2.75, 3.05) is 53.3 Å². The van der Waals surface area contributed by atoms with Gasteiger partial charge in [0.25, 0.3) is 5.91 Å². The van der Waals surface area contributed by atoms with Gasteiger partial charge in [0.1, 0.15) is 0 Å². The molecule has 1 N–H and O–H groups in total. The molecule has 1 fully saturated rings. The molecular weight excluding hydrogens is 432 g/mol. The van der Waals surface area contributed by atoms with Gasteiger partial charge < -0.3 is 19.5 Å². The number of ether oxygens (including phenoxy) is 3. The first-order chi connectivity index (χ1) is 15.3. The van der Waals surface area contributed by atoms with Crippen LogP contribution in [0, 0.1) is 0 Å². The molecule has 0 aliphatic carbocycles. The van der Waals surface area contributed by atoms with Gasteiger partial charge in [-0.3, -0.25) is 9.69 Å². The number of benzene rings is 2. The Kier molecular flexibility index (Phi) is 8.11. The largest absolute Gasteiger partial charge is 0.493 e. The monoisotopic (exact) mass is 462 g/mol. The fourth-order valence-corrected chi connectivity index (χ4v) is 4.55. The van der Waals surface area contributed by atoms with Crippen molar-refractivity contribution >= 4 is 15.7 Å². The highest BCUT2D eigenvalue weighted by Crippen LogP contribution is 2.32. The molecule has 0 aromatic heterocycles. The van der Waals surface area contributed by atoms with Crippen LogP contribution in [0.1, 0.15) is 27.5 Å². The predicted octanol–water partition coefficient (Wildman–Crippen LogP) is 2.05. The molecule has 9 heteroatoms. The number of hydrogen-bond acceptors (Lipinski definition) is 7. The molecule has 1 aliphatic heterocycles. The number of rotatable bonds is 9. The first kappa shape index (κ1) is 24.0. The molecule has 2 aromatic carbocycles. The summed E-state index contributed by atoms with van der Waals surface area (Å²) in [5.41, 5.74) is 2.14. The lowest BCUT2D eigenvalue weighted by Gasteiger charge is -2.35. The molecule has 32 heavy (non-hydrogen) atoms. The molecule has 174 valence electrons. The normalized spacial score (nSPS) is 15.7. The third kappa shape index (κ3) is 6.44. The Morgan fingerprint density at radius 1 is 1.06 bits per heavy atom. The van der Waals surface area contributed by atoms with Gasteiger partial charge in [-0.15, -0.1) is 0 Å². The van der Waals surface area contributed by atoms with Gasteiger partial charge >= 0.3 is 0 Å². The van der Waals surface area contributed by atoms with Gasteiger partial charge in [-0.05, 0) is 35.4 Å². The van der Waals surface area contributed by atoms with Crippen LogP contribution in [0.15, 0.2) is 42.5 Å². The molecule has 1 unspecified atom stereocenters. The van der Waals surface area contributed by atoms with Crippen LogP contribution in [-0.4, -0.2) is 72.5 Å². The van der Waals surface area contributed by atoms with Crippen LogP contribution in [0.2, 0.25) is 0 Å². The second-order valence-electron chi connectivity index (χ2n) is 7.76. The van der Waals surface area contributed by atoms with Crippen molar-refractivity contribution < 1.29 is 27.4 Å². The van der Waals surface area contributed by atoms with Crippen LogP contribution in [0.5, 0.6) is 11.5 Å². The number of carbonyl (C=O) groups excluding carboxylic acids is 1. The third-order valence-corrected chi connectivity index (χ3v) is 6.24. The van der Waals surface area contributed by atoms with Gasteiger partial charge in [-0.1, -0.05) is 18.2 Å². The van der Waals surface area contributed by atoms with E-state index < -0.39 is 9.84 Å². The van der Waals surface area contributed by atoms with Gasteiger partial charge in [0.2, 0.25) is 0 Å². The Bertz CT molecular complexity index is 1020. The van der Waals surface area contributed by atoms with Crippen molar-refractivity contribution in [1.29, 1.82) is 0 Å². The van der Waals surface area contributed by atoms with E-state index in [0.717, 1.165) is 18.7 Å². The van der Waals surface area contributed by atoms with E-state index in [0.29, 0.717) is 42.4 Å². The van der Waals surface area contributed by atoms with Crippen LogP contribution < -0.4 is 14.8 Å². The number of nitrogens with one attached hydrogen (secondary N) is 1. The highest BCUT2D eigenvalue weighted by molar-refractivity contribution is 7.89. The van der Waals surface area contributed by atoms with Gasteiger partial charge in [-0.2, -0.15) is 0 Å². The number of nitrogens with zero attached hydrogens (tertiary/aromatic N) is 1. The van der Waals surface area contributed by atoms with Crippen molar-refractivity contribution in [1.82, 2.24) is 10.2 Å². The summed E-state index contributed by atoms with van der Waals surface area (Å²) in [5, 5.41) is 3.02. The zero-order valence-corrected chi connectivity index (χ0v) is 19.5. The molecule has 8 nitrogen and oxygen atoms in total. The minimum absolute atomic E-state index is 0.0483. The van der Waals surface area contributed by atoms with E-state index in [-0.39, 0.29) is 17.7 Å². The summed E-state index contributed by atoms with van der Waals surface area (Å²) in [6.07, 6.45) is 1.19. The van der Waals surface area contributed by atoms with Gasteiger partial charge in [0.05, 0.1) is 39.2 Å². The van der Waals surface area contributed by atoms with E-state index in [4.69, 9.17) is 14.2 Å². The average Bonchev–Trinajstić information content (AvgIpc) is 2.79. The fourth-order valence-electron chi connectivity index (χ4n) is 3.75. The quantitative estimate of drug-likeness (QED) is 0.610. The molecule has 2 aromatic rings. The number of sulfone groups is 1. The molecule has 0 spiro atoms. The van der Waals surface area contributed by atoms with Crippen molar-refractivity contribution in [3.05, 3.63) is 59.2 Å². The number of carbonyl (C=O) groups is 1. The molecule has 0 saturated carbocycles. The van der Waals surface area contributed by atoms with Gasteiger partial charge in [0, 0.05) is 31.5 Å². The van der Waals surface area contributed by atoms with Crippen LogP contribution in [0.4, 0.5) is 0 Å². The van der Waals surface area contributed by atoms with Gasteiger partial charge in [0.15, 0.2) is 21.3 Å². The highest BCUT2D eigenvalue weighted by Gasteiger charge is 2.24. The molecule has 1 amide bonds. The highest BCUT2D eigenvalue weighted by atomic mass is 32.2. The summed E-state index contributed by atoms with van der Waals surface area (Å²) < 4.78 is 39.2. The third-order valence-electron chi connectivity index (χ3n) is 5.38. The first-order valence-corrected chi connectivity index (χ1v) is 12.5. The Labute approximate surface area is 189 Å². The van der Waals surface area contributed by atoms with Crippen LogP contribution in [-0.2, 0) is 20.3 Å². The number of methoxy groups -OCH3 is 2. The summed E-state index contributed by atoms with van der Waals surface area (Å²) in [7, 11) is 0.0723. The van der Waals surface area contributed by atoms with E-state index in [1.54, 1.807) is 38.5 Å². The summed E-state index contributed by atoms with van der Waals surface area (Å²) in [6.45, 7) is 3.20. The lowest BCUT2D eigenvalue weighted by atomic mass is 10.0.